The Hall–Kier alpha value is -0.170. The number of hydrogen-bond acceptors (Lipinski definition) is 5. The molecular weight excluding hydrogens is 286 g/mol. The molecule has 2 atom stereocenters. The molecule has 3 rings (SSSR count). The summed E-state index contributed by atoms with van der Waals surface area (Å²) in [7, 11) is -2.75. The zero-order valence-electron chi connectivity index (χ0n) is 13.0. The summed E-state index contributed by atoms with van der Waals surface area (Å²) in [5.74, 6) is 0.703. The third-order valence-corrected chi connectivity index (χ3v) is 7.02. The zero-order valence-corrected chi connectivity index (χ0v) is 13.8. The van der Waals surface area contributed by atoms with Gasteiger partial charge in [-0.25, -0.2) is 8.42 Å². The predicted octanol–water partition coefficient (Wildman–Crippen LogP) is 0.323. The van der Waals surface area contributed by atoms with Crippen LogP contribution in [0.4, 0.5) is 0 Å². The summed E-state index contributed by atoms with van der Waals surface area (Å²) in [4.78, 5) is 5.22. The van der Waals surface area contributed by atoms with Crippen molar-refractivity contribution >= 4 is 9.84 Å². The highest BCUT2D eigenvalue weighted by atomic mass is 32.2. The van der Waals surface area contributed by atoms with Gasteiger partial charge in [-0.3, -0.25) is 4.90 Å². The Morgan fingerprint density at radius 2 is 1.86 bits per heavy atom. The minimum Gasteiger partial charge on any atom is -0.312 e. The normalized spacial score (nSPS) is 34.5. The number of sulfone groups is 1. The monoisotopic (exact) mass is 315 g/mol. The first-order chi connectivity index (χ1) is 10.1. The molecule has 0 aliphatic carbocycles. The van der Waals surface area contributed by atoms with Gasteiger partial charge < -0.3 is 10.2 Å². The molecule has 3 aliphatic heterocycles. The van der Waals surface area contributed by atoms with E-state index in [1.165, 1.54) is 51.9 Å². The van der Waals surface area contributed by atoms with Crippen molar-refractivity contribution < 1.29 is 8.42 Å². The fourth-order valence-corrected chi connectivity index (χ4v) is 5.69. The number of nitrogens with one attached hydrogen (secondary N) is 1. The van der Waals surface area contributed by atoms with Gasteiger partial charge in [-0.15, -0.1) is 0 Å². The first-order valence-electron chi connectivity index (χ1n) is 8.53. The third-order valence-electron chi connectivity index (χ3n) is 5.25. The standard InChI is InChI=1S/C15H29N3O2S/c19-21(20)11-5-14(13-21)16-6-10-17-9-4-15(12-17)18-7-2-1-3-8-18/h14-16H,1-13H2. The lowest BCUT2D eigenvalue weighted by atomic mass is 10.1. The molecule has 0 amide bonds. The van der Waals surface area contributed by atoms with Crippen LogP contribution in [0.5, 0.6) is 0 Å². The summed E-state index contributed by atoms with van der Waals surface area (Å²) in [5.41, 5.74) is 0. The van der Waals surface area contributed by atoms with E-state index in [1.807, 2.05) is 0 Å². The van der Waals surface area contributed by atoms with Crippen LogP contribution in [0.25, 0.3) is 0 Å². The third kappa shape index (κ3) is 4.41. The van der Waals surface area contributed by atoms with Crippen molar-refractivity contribution in [2.75, 3.05) is 50.8 Å². The van der Waals surface area contributed by atoms with Crippen LogP contribution in [0.2, 0.25) is 0 Å². The molecule has 0 aromatic heterocycles. The minimum absolute atomic E-state index is 0.190. The van der Waals surface area contributed by atoms with Crippen molar-refractivity contribution in [3.8, 4) is 0 Å². The van der Waals surface area contributed by atoms with Gasteiger partial charge in [-0.05, 0) is 45.3 Å². The van der Waals surface area contributed by atoms with E-state index in [9.17, 15) is 8.42 Å². The van der Waals surface area contributed by atoms with Crippen LogP contribution in [-0.2, 0) is 9.84 Å². The molecular formula is C15H29N3O2S. The molecule has 3 fully saturated rings. The average molecular weight is 315 g/mol. The molecule has 0 spiro atoms. The molecule has 1 N–H and O–H groups in total. The lowest BCUT2D eigenvalue weighted by Gasteiger charge is -2.32. The highest BCUT2D eigenvalue weighted by Crippen LogP contribution is 2.19. The van der Waals surface area contributed by atoms with E-state index in [1.54, 1.807) is 0 Å². The first-order valence-corrected chi connectivity index (χ1v) is 10.3. The topological polar surface area (TPSA) is 52.7 Å². The number of piperidine rings is 1. The van der Waals surface area contributed by atoms with Gasteiger partial charge in [-0.1, -0.05) is 6.42 Å². The van der Waals surface area contributed by atoms with Crippen LogP contribution in [-0.4, -0.2) is 81.1 Å². The van der Waals surface area contributed by atoms with Gasteiger partial charge >= 0.3 is 0 Å². The van der Waals surface area contributed by atoms with E-state index in [2.05, 4.69) is 15.1 Å². The molecule has 0 saturated carbocycles. The van der Waals surface area contributed by atoms with Crippen molar-refractivity contribution in [2.24, 2.45) is 0 Å². The highest BCUT2D eigenvalue weighted by molar-refractivity contribution is 7.91. The van der Waals surface area contributed by atoms with E-state index in [4.69, 9.17) is 0 Å². The Labute approximate surface area is 129 Å². The second kappa shape index (κ2) is 6.94. The largest absolute Gasteiger partial charge is 0.312 e. The van der Waals surface area contributed by atoms with Gasteiger partial charge in [0.25, 0.3) is 0 Å². The second-order valence-corrected chi connectivity index (χ2v) is 9.12. The summed E-state index contributed by atoms with van der Waals surface area (Å²) in [6, 6.07) is 0.952. The number of nitrogens with zero attached hydrogens (tertiary/aromatic N) is 2. The Morgan fingerprint density at radius 3 is 2.57 bits per heavy atom. The fraction of sp³-hybridized carbons (Fsp3) is 1.00. The summed E-state index contributed by atoms with van der Waals surface area (Å²) in [5, 5.41) is 3.42. The molecule has 122 valence electrons. The average Bonchev–Trinajstić information content (AvgIpc) is 3.07. The van der Waals surface area contributed by atoms with E-state index in [-0.39, 0.29) is 6.04 Å². The molecule has 0 bridgehead atoms. The summed E-state index contributed by atoms with van der Waals surface area (Å²) in [6.07, 6.45) is 6.24. The first kappa shape index (κ1) is 15.7. The Bertz CT molecular complexity index is 434. The smallest absolute Gasteiger partial charge is 0.151 e. The van der Waals surface area contributed by atoms with Gasteiger partial charge in [0.1, 0.15) is 0 Å². The van der Waals surface area contributed by atoms with Gasteiger partial charge in [0.05, 0.1) is 11.5 Å². The molecule has 0 radical (unpaired) electrons. The van der Waals surface area contributed by atoms with Crippen molar-refractivity contribution in [2.45, 2.75) is 44.2 Å². The maximum atomic E-state index is 11.4. The van der Waals surface area contributed by atoms with E-state index in [0.29, 0.717) is 11.5 Å². The Balaban J connectivity index is 1.33. The number of likely N-dealkylation sites (tertiary alicyclic amines) is 2. The number of rotatable bonds is 5. The fourth-order valence-electron chi connectivity index (χ4n) is 3.98. The van der Waals surface area contributed by atoms with Crippen LogP contribution in [0.15, 0.2) is 0 Å². The van der Waals surface area contributed by atoms with Crippen LogP contribution in [0.1, 0.15) is 32.1 Å². The SMILES string of the molecule is O=S1(=O)CCC(NCCN2CCC(N3CCCCC3)C2)C1. The number of hydrogen-bond donors (Lipinski definition) is 1. The molecule has 0 aromatic rings. The van der Waals surface area contributed by atoms with Gasteiger partial charge in [-0.2, -0.15) is 0 Å². The van der Waals surface area contributed by atoms with Crippen LogP contribution in [0.3, 0.4) is 0 Å². The lowest BCUT2D eigenvalue weighted by Crippen LogP contribution is -2.42. The van der Waals surface area contributed by atoms with Crippen LogP contribution in [0, 0.1) is 0 Å². The molecule has 3 aliphatic rings. The van der Waals surface area contributed by atoms with Gasteiger partial charge in [0.2, 0.25) is 0 Å². The van der Waals surface area contributed by atoms with Crippen molar-refractivity contribution in [3.05, 3.63) is 0 Å². The predicted molar refractivity (Wildman–Crippen MR) is 85.3 cm³/mol. The van der Waals surface area contributed by atoms with Crippen molar-refractivity contribution in [3.63, 3.8) is 0 Å². The van der Waals surface area contributed by atoms with Crippen LogP contribution >= 0.6 is 0 Å². The van der Waals surface area contributed by atoms with Crippen LogP contribution < -0.4 is 5.32 Å². The van der Waals surface area contributed by atoms with Crippen molar-refractivity contribution in [1.29, 1.82) is 0 Å². The molecule has 0 aromatic carbocycles. The van der Waals surface area contributed by atoms with E-state index < -0.39 is 9.84 Å². The maximum Gasteiger partial charge on any atom is 0.151 e. The van der Waals surface area contributed by atoms with E-state index in [0.717, 1.165) is 25.6 Å². The highest BCUT2D eigenvalue weighted by Gasteiger charge is 2.29. The van der Waals surface area contributed by atoms with E-state index >= 15 is 0 Å². The Morgan fingerprint density at radius 1 is 1.05 bits per heavy atom. The summed E-state index contributed by atoms with van der Waals surface area (Å²) < 4.78 is 22.8. The summed E-state index contributed by atoms with van der Waals surface area (Å²) >= 11 is 0. The second-order valence-electron chi connectivity index (χ2n) is 6.89. The molecule has 21 heavy (non-hydrogen) atoms. The van der Waals surface area contributed by atoms with Gasteiger partial charge in [0.15, 0.2) is 9.84 Å². The van der Waals surface area contributed by atoms with Crippen molar-refractivity contribution in [1.82, 2.24) is 15.1 Å². The van der Waals surface area contributed by atoms with Gasteiger partial charge in [0, 0.05) is 31.7 Å². The molecule has 6 heteroatoms. The minimum atomic E-state index is -2.75. The lowest BCUT2D eigenvalue weighted by molar-refractivity contribution is 0.162. The molecule has 3 heterocycles. The molecule has 2 unspecified atom stereocenters. The molecule has 3 saturated heterocycles. The maximum absolute atomic E-state index is 11.4. The summed E-state index contributed by atoms with van der Waals surface area (Å²) in [6.45, 7) is 6.96. The molecule has 5 nitrogen and oxygen atoms in total. The quantitative estimate of drug-likeness (QED) is 0.792. The zero-order chi connectivity index (χ0) is 14.7. The Kier molecular flexibility index (Phi) is 5.19.